The van der Waals surface area contributed by atoms with Gasteiger partial charge in [-0.2, -0.15) is 5.26 Å². The van der Waals surface area contributed by atoms with Crippen LogP contribution in [0.1, 0.15) is 27.0 Å². The standard InChI is InChI=1S/C16H13NO3/c1-11-5-6-14(16(18)19)8-15(11)20-10-13-4-2-3-12(7-13)9-17/h2-8H,10H2,1H3,(H,18,19). The molecule has 0 radical (unpaired) electrons. The molecule has 100 valence electrons. The summed E-state index contributed by atoms with van der Waals surface area (Å²) < 4.78 is 5.64. The summed E-state index contributed by atoms with van der Waals surface area (Å²) in [5.74, 6) is -0.450. The Kier molecular flexibility index (Phi) is 4.02. The molecule has 4 nitrogen and oxygen atoms in total. The van der Waals surface area contributed by atoms with Gasteiger partial charge in [0.2, 0.25) is 0 Å². The number of ether oxygens (including phenoxy) is 1. The maximum atomic E-state index is 10.9. The molecule has 0 aliphatic heterocycles. The summed E-state index contributed by atoms with van der Waals surface area (Å²) in [5, 5.41) is 17.8. The van der Waals surface area contributed by atoms with Crippen LogP contribution in [0, 0.1) is 18.3 Å². The Labute approximate surface area is 116 Å². The molecule has 0 fully saturated rings. The van der Waals surface area contributed by atoms with Crippen molar-refractivity contribution in [3.63, 3.8) is 0 Å². The van der Waals surface area contributed by atoms with Crippen LogP contribution in [0.25, 0.3) is 0 Å². The van der Waals surface area contributed by atoms with Crippen LogP contribution in [0.2, 0.25) is 0 Å². The maximum Gasteiger partial charge on any atom is 0.335 e. The van der Waals surface area contributed by atoms with Crippen molar-refractivity contribution in [2.24, 2.45) is 0 Å². The number of aryl methyl sites for hydroxylation is 1. The number of hydrogen-bond acceptors (Lipinski definition) is 3. The lowest BCUT2D eigenvalue weighted by Gasteiger charge is -2.10. The lowest BCUT2D eigenvalue weighted by Crippen LogP contribution is -2.01. The third kappa shape index (κ3) is 3.15. The second-order valence-corrected chi connectivity index (χ2v) is 4.39. The third-order valence-corrected chi connectivity index (χ3v) is 2.89. The second kappa shape index (κ2) is 5.89. The van der Waals surface area contributed by atoms with Crippen molar-refractivity contribution >= 4 is 5.97 Å². The number of benzene rings is 2. The van der Waals surface area contributed by atoms with E-state index in [1.165, 1.54) is 6.07 Å². The Hall–Kier alpha value is -2.80. The Morgan fingerprint density at radius 3 is 2.80 bits per heavy atom. The molecule has 20 heavy (non-hydrogen) atoms. The molecule has 0 aliphatic rings. The van der Waals surface area contributed by atoms with E-state index in [0.717, 1.165) is 11.1 Å². The van der Waals surface area contributed by atoms with Gasteiger partial charge >= 0.3 is 5.97 Å². The zero-order chi connectivity index (χ0) is 14.5. The first-order valence-corrected chi connectivity index (χ1v) is 6.06. The SMILES string of the molecule is Cc1ccc(C(=O)O)cc1OCc1cccc(C#N)c1. The second-order valence-electron chi connectivity index (χ2n) is 4.39. The van der Waals surface area contributed by atoms with E-state index >= 15 is 0 Å². The van der Waals surface area contributed by atoms with E-state index in [2.05, 4.69) is 6.07 Å². The van der Waals surface area contributed by atoms with Crippen LogP contribution in [0.3, 0.4) is 0 Å². The normalized spacial score (nSPS) is 9.80. The summed E-state index contributed by atoms with van der Waals surface area (Å²) >= 11 is 0. The number of rotatable bonds is 4. The highest BCUT2D eigenvalue weighted by atomic mass is 16.5. The molecule has 0 aliphatic carbocycles. The third-order valence-electron chi connectivity index (χ3n) is 2.89. The van der Waals surface area contributed by atoms with Gasteiger partial charge in [-0.25, -0.2) is 4.79 Å². The Morgan fingerprint density at radius 1 is 1.30 bits per heavy atom. The van der Waals surface area contributed by atoms with Crippen molar-refractivity contribution < 1.29 is 14.6 Å². The summed E-state index contributed by atoms with van der Waals surface area (Å²) in [4.78, 5) is 10.9. The molecule has 0 unspecified atom stereocenters. The first-order chi connectivity index (χ1) is 9.60. The Morgan fingerprint density at radius 2 is 2.10 bits per heavy atom. The van der Waals surface area contributed by atoms with Crippen molar-refractivity contribution in [2.45, 2.75) is 13.5 Å². The van der Waals surface area contributed by atoms with Crippen molar-refractivity contribution in [1.82, 2.24) is 0 Å². The van der Waals surface area contributed by atoms with Gasteiger partial charge < -0.3 is 9.84 Å². The quantitative estimate of drug-likeness (QED) is 0.923. The van der Waals surface area contributed by atoms with Gasteiger partial charge in [0.1, 0.15) is 12.4 Å². The van der Waals surface area contributed by atoms with Gasteiger partial charge in [-0.05, 0) is 42.3 Å². The predicted molar refractivity (Wildman–Crippen MR) is 73.6 cm³/mol. The lowest BCUT2D eigenvalue weighted by atomic mass is 10.1. The summed E-state index contributed by atoms with van der Waals surface area (Å²) in [6.45, 7) is 2.14. The van der Waals surface area contributed by atoms with Gasteiger partial charge in [-0.1, -0.05) is 18.2 Å². The van der Waals surface area contributed by atoms with E-state index in [4.69, 9.17) is 15.1 Å². The average molecular weight is 267 g/mol. The lowest BCUT2D eigenvalue weighted by molar-refractivity contribution is 0.0696. The average Bonchev–Trinajstić information content (AvgIpc) is 2.46. The van der Waals surface area contributed by atoms with Crippen LogP contribution >= 0.6 is 0 Å². The van der Waals surface area contributed by atoms with Crippen LogP contribution in [0.5, 0.6) is 5.75 Å². The number of nitrogens with zero attached hydrogens (tertiary/aromatic N) is 1. The van der Waals surface area contributed by atoms with Crippen molar-refractivity contribution in [3.8, 4) is 11.8 Å². The Balaban J connectivity index is 2.16. The van der Waals surface area contributed by atoms with Crippen molar-refractivity contribution in [3.05, 3.63) is 64.7 Å². The van der Waals surface area contributed by atoms with Gasteiger partial charge in [-0.3, -0.25) is 0 Å². The number of aromatic carboxylic acids is 1. The number of carboxylic acid groups (broad SMARTS) is 1. The first-order valence-electron chi connectivity index (χ1n) is 6.06. The molecule has 2 rings (SSSR count). The van der Waals surface area contributed by atoms with E-state index in [1.54, 1.807) is 30.3 Å². The molecule has 0 aromatic heterocycles. The fourth-order valence-electron chi connectivity index (χ4n) is 1.78. The van der Waals surface area contributed by atoms with Crippen LogP contribution in [-0.4, -0.2) is 11.1 Å². The van der Waals surface area contributed by atoms with E-state index in [1.807, 2.05) is 13.0 Å². The molecule has 0 saturated heterocycles. The molecule has 0 bridgehead atoms. The fourth-order valence-corrected chi connectivity index (χ4v) is 1.78. The van der Waals surface area contributed by atoms with E-state index in [0.29, 0.717) is 17.9 Å². The molecular weight excluding hydrogens is 254 g/mol. The zero-order valence-electron chi connectivity index (χ0n) is 11.0. The Bertz CT molecular complexity index is 686. The fraction of sp³-hybridized carbons (Fsp3) is 0.125. The highest BCUT2D eigenvalue weighted by Crippen LogP contribution is 2.21. The number of hydrogen-bond donors (Lipinski definition) is 1. The van der Waals surface area contributed by atoms with Crippen LogP contribution in [-0.2, 0) is 6.61 Å². The number of carboxylic acids is 1. The van der Waals surface area contributed by atoms with Crippen LogP contribution in [0.4, 0.5) is 0 Å². The molecule has 0 saturated carbocycles. The molecular formula is C16H13NO3. The van der Waals surface area contributed by atoms with Crippen molar-refractivity contribution in [1.29, 1.82) is 5.26 Å². The van der Waals surface area contributed by atoms with E-state index < -0.39 is 5.97 Å². The zero-order valence-corrected chi connectivity index (χ0v) is 11.0. The maximum absolute atomic E-state index is 10.9. The molecule has 0 atom stereocenters. The minimum atomic E-state index is -0.985. The first kappa shape index (κ1) is 13.6. The predicted octanol–water partition coefficient (Wildman–Crippen LogP) is 3.14. The highest BCUT2D eigenvalue weighted by Gasteiger charge is 2.07. The molecule has 0 heterocycles. The molecule has 0 spiro atoms. The molecule has 1 N–H and O–H groups in total. The molecule has 2 aromatic rings. The van der Waals surface area contributed by atoms with Gasteiger partial charge in [0.25, 0.3) is 0 Å². The molecule has 0 amide bonds. The van der Waals surface area contributed by atoms with Gasteiger partial charge in [0, 0.05) is 0 Å². The summed E-state index contributed by atoms with van der Waals surface area (Å²) in [6, 6.07) is 13.9. The van der Waals surface area contributed by atoms with Crippen LogP contribution in [0.15, 0.2) is 42.5 Å². The molecule has 4 heteroatoms. The van der Waals surface area contributed by atoms with E-state index in [-0.39, 0.29) is 5.56 Å². The monoisotopic (exact) mass is 267 g/mol. The summed E-state index contributed by atoms with van der Waals surface area (Å²) in [6.07, 6.45) is 0. The number of nitriles is 1. The van der Waals surface area contributed by atoms with Gasteiger partial charge in [-0.15, -0.1) is 0 Å². The topological polar surface area (TPSA) is 70.3 Å². The minimum absolute atomic E-state index is 0.191. The minimum Gasteiger partial charge on any atom is -0.489 e. The smallest absolute Gasteiger partial charge is 0.335 e. The largest absolute Gasteiger partial charge is 0.489 e. The van der Waals surface area contributed by atoms with Crippen LogP contribution < -0.4 is 4.74 Å². The van der Waals surface area contributed by atoms with E-state index in [9.17, 15) is 4.79 Å². The van der Waals surface area contributed by atoms with Crippen molar-refractivity contribution in [2.75, 3.05) is 0 Å². The van der Waals surface area contributed by atoms with Gasteiger partial charge in [0.05, 0.1) is 17.2 Å². The molecule has 2 aromatic carbocycles. The number of carbonyl (C=O) groups is 1. The highest BCUT2D eigenvalue weighted by molar-refractivity contribution is 5.88. The summed E-state index contributed by atoms with van der Waals surface area (Å²) in [5.41, 5.74) is 2.49. The summed E-state index contributed by atoms with van der Waals surface area (Å²) in [7, 11) is 0. The van der Waals surface area contributed by atoms with Gasteiger partial charge in [0.15, 0.2) is 0 Å².